The number of anilines is 2. The zero-order valence-electron chi connectivity index (χ0n) is 16.9. The lowest BCUT2D eigenvalue weighted by molar-refractivity contribution is 0.620. The third-order valence-electron chi connectivity index (χ3n) is 5.87. The summed E-state index contributed by atoms with van der Waals surface area (Å²) in [6, 6.07) is 6.15. The molecule has 148 valence electrons. The highest BCUT2D eigenvalue weighted by Crippen LogP contribution is 2.38. The number of nitrogens with one attached hydrogen (secondary N) is 1. The lowest BCUT2D eigenvalue weighted by atomic mass is 9.94. The minimum absolute atomic E-state index is 0.00675. The number of nitrogens with zero attached hydrogens (tertiary/aromatic N) is 4. The fourth-order valence-corrected chi connectivity index (χ4v) is 4.99. The summed E-state index contributed by atoms with van der Waals surface area (Å²) in [7, 11) is 1.85. The highest BCUT2D eigenvalue weighted by atomic mass is 79.9. The molecular weight excluding hydrogens is 430 g/mol. The molecule has 0 amide bonds. The van der Waals surface area contributed by atoms with Crippen LogP contribution in [0, 0.1) is 13.8 Å². The Labute approximate surface area is 176 Å². The smallest absolute Gasteiger partial charge is 0.260 e. The lowest BCUT2D eigenvalue weighted by Crippen LogP contribution is -2.21. The van der Waals surface area contributed by atoms with Crippen molar-refractivity contribution in [2.24, 2.45) is 7.05 Å². The number of benzene rings is 1. The Balaban J connectivity index is 1.90. The van der Waals surface area contributed by atoms with E-state index in [4.69, 9.17) is 5.10 Å². The Morgan fingerprint density at radius 2 is 2.00 bits per heavy atom. The molecule has 1 aliphatic rings. The SMILES string of the molecule is CCc1nn2c3c4c(cc(C)c(Nc5ccc(C)nc5Br)c4c(=O)n(C)c13)CC2. The quantitative estimate of drug-likeness (QED) is 0.464. The van der Waals surface area contributed by atoms with E-state index in [-0.39, 0.29) is 5.56 Å². The Morgan fingerprint density at radius 3 is 2.72 bits per heavy atom. The van der Waals surface area contributed by atoms with E-state index in [0.29, 0.717) is 0 Å². The summed E-state index contributed by atoms with van der Waals surface area (Å²) >= 11 is 3.54. The largest absolute Gasteiger partial charge is 0.352 e. The van der Waals surface area contributed by atoms with Gasteiger partial charge in [0, 0.05) is 24.7 Å². The number of rotatable bonds is 3. The molecule has 0 saturated heterocycles. The number of aromatic nitrogens is 4. The summed E-state index contributed by atoms with van der Waals surface area (Å²) in [5.41, 5.74) is 7.91. The molecule has 0 bridgehead atoms. The van der Waals surface area contributed by atoms with E-state index in [1.807, 2.05) is 26.1 Å². The van der Waals surface area contributed by atoms with E-state index < -0.39 is 0 Å². The van der Waals surface area contributed by atoms with Crippen LogP contribution in [0.2, 0.25) is 0 Å². The highest BCUT2D eigenvalue weighted by Gasteiger charge is 2.26. The van der Waals surface area contributed by atoms with Crippen molar-refractivity contribution in [2.75, 3.05) is 5.32 Å². The number of hydrogen-bond acceptors (Lipinski definition) is 4. The van der Waals surface area contributed by atoms with Crippen molar-refractivity contribution in [1.29, 1.82) is 0 Å². The van der Waals surface area contributed by atoms with Crippen molar-refractivity contribution in [3.8, 4) is 0 Å². The van der Waals surface area contributed by atoms with Gasteiger partial charge in [-0.1, -0.05) is 13.0 Å². The second-order valence-electron chi connectivity index (χ2n) is 7.73. The van der Waals surface area contributed by atoms with E-state index in [0.717, 1.165) is 74.1 Å². The third kappa shape index (κ3) is 2.56. The van der Waals surface area contributed by atoms with Crippen LogP contribution in [0.5, 0.6) is 0 Å². The summed E-state index contributed by atoms with van der Waals surface area (Å²) in [4.78, 5) is 18.0. The molecule has 0 radical (unpaired) electrons. The minimum Gasteiger partial charge on any atom is -0.352 e. The first-order valence-electron chi connectivity index (χ1n) is 9.85. The molecule has 0 atom stereocenters. The molecule has 0 fully saturated rings. The molecule has 1 aromatic carbocycles. The molecule has 0 saturated carbocycles. The summed E-state index contributed by atoms with van der Waals surface area (Å²) in [6.45, 7) is 6.94. The predicted octanol–water partition coefficient (Wildman–Crippen LogP) is 4.52. The van der Waals surface area contributed by atoms with E-state index in [2.05, 4.69) is 50.8 Å². The summed E-state index contributed by atoms with van der Waals surface area (Å²) < 4.78 is 4.57. The Bertz CT molecular complexity index is 1380. The van der Waals surface area contributed by atoms with E-state index in [1.54, 1.807) is 4.57 Å². The van der Waals surface area contributed by atoms with Crippen LogP contribution < -0.4 is 10.9 Å². The number of aryl methyl sites for hydroxylation is 6. The van der Waals surface area contributed by atoms with Gasteiger partial charge >= 0.3 is 0 Å². The monoisotopic (exact) mass is 451 g/mol. The number of pyridine rings is 2. The van der Waals surface area contributed by atoms with Gasteiger partial charge in [0.05, 0.1) is 33.5 Å². The lowest BCUT2D eigenvalue weighted by Gasteiger charge is -2.21. The summed E-state index contributed by atoms with van der Waals surface area (Å²) in [5, 5.41) is 10.0. The van der Waals surface area contributed by atoms with Crippen molar-refractivity contribution in [1.82, 2.24) is 19.3 Å². The van der Waals surface area contributed by atoms with Crippen LogP contribution in [-0.2, 0) is 26.4 Å². The molecule has 4 heterocycles. The van der Waals surface area contributed by atoms with E-state index >= 15 is 0 Å². The first kappa shape index (κ1) is 18.4. The van der Waals surface area contributed by atoms with Gasteiger partial charge in [0.25, 0.3) is 5.56 Å². The van der Waals surface area contributed by atoms with Crippen LogP contribution in [0.15, 0.2) is 27.6 Å². The normalized spacial score (nSPS) is 13.0. The van der Waals surface area contributed by atoms with Crippen LogP contribution in [0.25, 0.3) is 21.8 Å². The van der Waals surface area contributed by atoms with Gasteiger partial charge in [0.1, 0.15) is 4.60 Å². The van der Waals surface area contributed by atoms with Gasteiger partial charge < -0.3 is 9.88 Å². The molecule has 0 aliphatic carbocycles. The Hall–Kier alpha value is -2.67. The maximum atomic E-state index is 13.6. The van der Waals surface area contributed by atoms with Crippen molar-refractivity contribution in [3.05, 3.63) is 55.7 Å². The zero-order valence-corrected chi connectivity index (χ0v) is 18.5. The predicted molar refractivity (Wildman–Crippen MR) is 120 cm³/mol. The molecule has 3 aromatic heterocycles. The average Bonchev–Trinajstić information content (AvgIpc) is 3.07. The van der Waals surface area contributed by atoms with Crippen molar-refractivity contribution >= 4 is 49.1 Å². The Kier molecular flexibility index (Phi) is 4.07. The van der Waals surface area contributed by atoms with Gasteiger partial charge in [-0.2, -0.15) is 5.10 Å². The Morgan fingerprint density at radius 1 is 1.21 bits per heavy atom. The fourth-order valence-electron chi connectivity index (χ4n) is 4.48. The van der Waals surface area contributed by atoms with Crippen LogP contribution in [0.3, 0.4) is 0 Å². The summed E-state index contributed by atoms with van der Waals surface area (Å²) in [5.74, 6) is 0. The molecule has 0 unspecified atom stereocenters. The third-order valence-corrected chi connectivity index (χ3v) is 6.47. The maximum absolute atomic E-state index is 13.6. The van der Waals surface area contributed by atoms with E-state index in [9.17, 15) is 4.79 Å². The van der Waals surface area contributed by atoms with Crippen molar-refractivity contribution in [3.63, 3.8) is 0 Å². The molecule has 6 nitrogen and oxygen atoms in total. The topological polar surface area (TPSA) is 64.7 Å². The van der Waals surface area contributed by atoms with Gasteiger partial charge in [-0.15, -0.1) is 0 Å². The molecule has 1 N–H and O–H groups in total. The number of hydrogen-bond donors (Lipinski definition) is 1. The molecule has 29 heavy (non-hydrogen) atoms. The van der Waals surface area contributed by atoms with Crippen LogP contribution >= 0.6 is 15.9 Å². The zero-order chi connectivity index (χ0) is 20.4. The first-order chi connectivity index (χ1) is 13.9. The van der Waals surface area contributed by atoms with Crippen LogP contribution in [0.1, 0.15) is 29.4 Å². The highest BCUT2D eigenvalue weighted by molar-refractivity contribution is 9.10. The van der Waals surface area contributed by atoms with Gasteiger partial charge in [-0.25, -0.2) is 4.98 Å². The van der Waals surface area contributed by atoms with E-state index in [1.165, 1.54) is 5.56 Å². The second-order valence-corrected chi connectivity index (χ2v) is 8.48. The van der Waals surface area contributed by atoms with Gasteiger partial charge in [0.2, 0.25) is 0 Å². The first-order valence-corrected chi connectivity index (χ1v) is 10.6. The standard InChI is InChI=1S/C22H22BrN5O/c1-5-14-19-20-16-13(8-9-28(20)26-14)10-11(2)18(17(16)22(29)27(19)4)25-15-7-6-12(3)24-21(15)23/h6-7,10,25H,5,8-9H2,1-4H3. The molecule has 0 spiro atoms. The molecule has 5 rings (SSSR count). The molecule has 7 heteroatoms. The van der Waals surface area contributed by atoms with Crippen molar-refractivity contribution in [2.45, 2.75) is 40.2 Å². The second kappa shape index (κ2) is 6.42. The van der Waals surface area contributed by atoms with Gasteiger partial charge in [-0.05, 0) is 65.9 Å². The van der Waals surface area contributed by atoms with Crippen LogP contribution in [0.4, 0.5) is 11.4 Å². The van der Waals surface area contributed by atoms with Gasteiger partial charge in [-0.3, -0.25) is 9.48 Å². The van der Waals surface area contributed by atoms with Crippen molar-refractivity contribution < 1.29 is 0 Å². The molecule has 1 aliphatic heterocycles. The molecule has 4 aromatic rings. The maximum Gasteiger partial charge on any atom is 0.260 e. The fraction of sp³-hybridized carbons (Fsp3) is 0.318. The minimum atomic E-state index is 0.00675. The van der Waals surface area contributed by atoms with Gasteiger partial charge in [0.15, 0.2) is 0 Å². The number of halogens is 1. The average molecular weight is 452 g/mol. The van der Waals surface area contributed by atoms with Crippen LogP contribution in [-0.4, -0.2) is 19.3 Å². The summed E-state index contributed by atoms with van der Waals surface area (Å²) in [6.07, 6.45) is 1.68. The molecular formula is C22H22BrN5O.